The van der Waals surface area contributed by atoms with Crippen molar-refractivity contribution in [3.63, 3.8) is 0 Å². The molecule has 13 heavy (non-hydrogen) atoms. The molecule has 1 aromatic rings. The number of rotatable bonds is 3. The van der Waals surface area contributed by atoms with Crippen LogP contribution in [0.3, 0.4) is 0 Å². The summed E-state index contributed by atoms with van der Waals surface area (Å²) in [6.07, 6.45) is 0. The summed E-state index contributed by atoms with van der Waals surface area (Å²) in [5.41, 5.74) is 1.58. The molecular formula is C8H6ClNO2Se. The van der Waals surface area contributed by atoms with E-state index < -0.39 is 4.92 Å². The Labute approximate surface area is 86.7 Å². The van der Waals surface area contributed by atoms with Crippen LogP contribution in [-0.4, -0.2) is 19.9 Å². The zero-order chi connectivity index (χ0) is 9.68. The van der Waals surface area contributed by atoms with Crippen LogP contribution in [0.2, 0.25) is 0 Å². The molecule has 0 fully saturated rings. The van der Waals surface area contributed by atoms with Gasteiger partial charge < -0.3 is 0 Å². The molecule has 0 saturated carbocycles. The summed E-state index contributed by atoms with van der Waals surface area (Å²) in [7, 11) is 0. The summed E-state index contributed by atoms with van der Waals surface area (Å²) < 4.78 is 1.06. The van der Waals surface area contributed by atoms with E-state index in [-0.39, 0.29) is 20.6 Å². The normalized spacial score (nSPS) is 10.5. The van der Waals surface area contributed by atoms with E-state index >= 15 is 0 Å². The minimum absolute atomic E-state index is 0.120. The monoisotopic (exact) mass is 263 g/mol. The molecule has 0 bridgehead atoms. The number of benzene rings is 1. The van der Waals surface area contributed by atoms with Crippen LogP contribution in [0, 0.1) is 10.1 Å². The molecule has 0 heterocycles. The Bertz CT molecular complexity index is 323. The zero-order valence-corrected chi connectivity index (χ0v) is 8.98. The number of nitrogens with zero attached hydrogens (tertiary/aromatic N) is 1. The van der Waals surface area contributed by atoms with Gasteiger partial charge in [0.1, 0.15) is 0 Å². The van der Waals surface area contributed by atoms with Crippen LogP contribution < -0.4 is 4.46 Å². The molecule has 0 unspecified atom stereocenters. The van der Waals surface area contributed by atoms with E-state index in [1.165, 1.54) is 17.7 Å². The van der Waals surface area contributed by atoms with Gasteiger partial charge in [0.15, 0.2) is 0 Å². The van der Waals surface area contributed by atoms with Crippen molar-refractivity contribution in [1.29, 1.82) is 0 Å². The maximum atomic E-state index is 10.3. The van der Waals surface area contributed by atoms with Crippen molar-refractivity contribution in [3.05, 3.63) is 44.9 Å². The number of hydrogen-bond acceptors (Lipinski definition) is 2. The molecule has 68 valence electrons. The number of nitro groups is 1. The zero-order valence-electron chi connectivity index (χ0n) is 6.51. The molecule has 0 saturated heterocycles. The molecule has 0 aromatic heterocycles. The molecule has 1 rings (SSSR count). The second-order valence-electron chi connectivity index (χ2n) is 2.13. The van der Waals surface area contributed by atoms with Crippen molar-refractivity contribution < 1.29 is 4.92 Å². The molecular weight excluding hydrogens is 257 g/mol. The van der Waals surface area contributed by atoms with E-state index in [0.717, 1.165) is 4.46 Å². The van der Waals surface area contributed by atoms with Crippen LogP contribution in [-0.2, 0) is 0 Å². The summed E-state index contributed by atoms with van der Waals surface area (Å²) in [5.74, 6) is 0. The first-order valence-electron chi connectivity index (χ1n) is 3.40. The molecule has 0 N–H and O–H groups in total. The average molecular weight is 263 g/mol. The molecule has 0 spiro atoms. The molecule has 0 aliphatic carbocycles. The van der Waals surface area contributed by atoms with Crippen LogP contribution >= 0.6 is 11.6 Å². The summed E-state index contributed by atoms with van der Waals surface area (Å²) in [6, 6.07) is 6.49. The molecule has 0 aliphatic heterocycles. The second kappa shape index (κ2) is 5.02. The quantitative estimate of drug-likeness (QED) is 0.472. The molecule has 3 nitrogen and oxygen atoms in total. The molecule has 0 amide bonds. The first-order chi connectivity index (χ1) is 6.24. The first kappa shape index (κ1) is 10.3. The fraction of sp³-hybridized carbons (Fsp3) is 0. The molecule has 5 heteroatoms. The average Bonchev–Trinajstić information content (AvgIpc) is 2.15. The van der Waals surface area contributed by atoms with Gasteiger partial charge >= 0.3 is 86.5 Å². The summed E-state index contributed by atoms with van der Waals surface area (Å²) in [4.78, 5) is 11.7. The number of nitro benzene ring substituents is 1. The van der Waals surface area contributed by atoms with Crippen molar-refractivity contribution in [2.45, 2.75) is 0 Å². The Morgan fingerprint density at radius 3 is 2.46 bits per heavy atom. The SMILES string of the molecule is O=[N+]([O-])c1ccc([Se]/C=C/Cl)cc1. The Kier molecular flexibility index (Phi) is 3.96. The van der Waals surface area contributed by atoms with Crippen LogP contribution in [0.25, 0.3) is 0 Å². The Hall–Kier alpha value is -0.831. The van der Waals surface area contributed by atoms with E-state index in [4.69, 9.17) is 11.6 Å². The van der Waals surface area contributed by atoms with E-state index in [1.807, 2.05) is 4.97 Å². The summed E-state index contributed by atoms with van der Waals surface area (Å²) in [6.45, 7) is 0. The van der Waals surface area contributed by atoms with Gasteiger partial charge in [-0.1, -0.05) is 0 Å². The van der Waals surface area contributed by atoms with Gasteiger partial charge in [0.2, 0.25) is 0 Å². The predicted molar refractivity (Wildman–Crippen MR) is 53.5 cm³/mol. The van der Waals surface area contributed by atoms with Crippen LogP contribution in [0.15, 0.2) is 34.8 Å². The van der Waals surface area contributed by atoms with Crippen LogP contribution in [0.1, 0.15) is 0 Å². The molecule has 0 atom stereocenters. The van der Waals surface area contributed by atoms with Crippen molar-refractivity contribution in [2.24, 2.45) is 0 Å². The third-order valence-corrected chi connectivity index (χ3v) is 3.48. The number of halogens is 1. The second-order valence-corrected chi connectivity index (χ2v) is 4.44. The fourth-order valence-corrected chi connectivity index (χ4v) is 2.07. The summed E-state index contributed by atoms with van der Waals surface area (Å²) >= 11 is 5.52. The van der Waals surface area contributed by atoms with Crippen molar-refractivity contribution >= 4 is 36.7 Å². The van der Waals surface area contributed by atoms with Gasteiger partial charge in [-0.25, -0.2) is 0 Å². The predicted octanol–water partition coefficient (Wildman–Crippen LogP) is 1.63. The number of non-ortho nitro benzene ring substituents is 1. The van der Waals surface area contributed by atoms with Gasteiger partial charge in [-0.05, 0) is 0 Å². The molecule has 0 aliphatic rings. The minimum atomic E-state index is -0.409. The van der Waals surface area contributed by atoms with Gasteiger partial charge in [-0.3, -0.25) is 0 Å². The standard InChI is InChI=1S/C8H6ClNO2Se/c9-5-6-13-8-3-1-7(2-4-8)10(11)12/h1-6H/b6-5+. The van der Waals surface area contributed by atoms with Gasteiger partial charge in [-0.15, -0.1) is 0 Å². The Balaban J connectivity index is 2.75. The van der Waals surface area contributed by atoms with Crippen LogP contribution in [0.4, 0.5) is 5.69 Å². The van der Waals surface area contributed by atoms with Crippen molar-refractivity contribution in [2.75, 3.05) is 0 Å². The van der Waals surface area contributed by atoms with E-state index in [1.54, 1.807) is 12.1 Å². The molecule has 0 radical (unpaired) electrons. The first-order valence-corrected chi connectivity index (χ1v) is 5.68. The third-order valence-electron chi connectivity index (χ3n) is 1.30. The van der Waals surface area contributed by atoms with Gasteiger partial charge in [0.25, 0.3) is 0 Å². The Morgan fingerprint density at radius 2 is 2.00 bits per heavy atom. The Morgan fingerprint density at radius 1 is 1.38 bits per heavy atom. The third kappa shape index (κ3) is 3.19. The van der Waals surface area contributed by atoms with E-state index in [2.05, 4.69) is 0 Å². The van der Waals surface area contributed by atoms with Gasteiger partial charge in [0.05, 0.1) is 0 Å². The van der Waals surface area contributed by atoms with E-state index in [9.17, 15) is 10.1 Å². The van der Waals surface area contributed by atoms with Gasteiger partial charge in [-0.2, -0.15) is 0 Å². The maximum absolute atomic E-state index is 10.3. The van der Waals surface area contributed by atoms with Crippen molar-refractivity contribution in [1.82, 2.24) is 0 Å². The van der Waals surface area contributed by atoms with Gasteiger partial charge in [0, 0.05) is 0 Å². The van der Waals surface area contributed by atoms with E-state index in [0.29, 0.717) is 0 Å². The van der Waals surface area contributed by atoms with Crippen molar-refractivity contribution in [3.8, 4) is 0 Å². The van der Waals surface area contributed by atoms with Crippen LogP contribution in [0.5, 0.6) is 0 Å². The fourth-order valence-electron chi connectivity index (χ4n) is 0.751. The molecule has 1 aromatic carbocycles. The number of hydrogen-bond donors (Lipinski definition) is 0. The topological polar surface area (TPSA) is 43.1 Å². The summed E-state index contributed by atoms with van der Waals surface area (Å²) in [5, 5.41) is 10.3.